The van der Waals surface area contributed by atoms with Gasteiger partial charge < -0.3 is 15.4 Å². The number of hydrogen-bond donors (Lipinski definition) is 2. The van der Waals surface area contributed by atoms with Crippen LogP contribution in [-0.2, 0) is 13.0 Å². The molecule has 1 heterocycles. The largest absolute Gasteiger partial charge is 0.497 e. The van der Waals surface area contributed by atoms with Crippen molar-refractivity contribution in [1.82, 2.24) is 15.5 Å². The Morgan fingerprint density at radius 1 is 0.964 bits per heavy atom. The molecule has 0 bridgehead atoms. The van der Waals surface area contributed by atoms with Crippen LogP contribution in [0.1, 0.15) is 21.6 Å². The monoisotopic (exact) mass is 380 g/mol. The Morgan fingerprint density at radius 2 is 1.68 bits per heavy atom. The number of nitrogens with zero attached hydrogens (tertiary/aromatic N) is 2. The van der Waals surface area contributed by atoms with E-state index >= 15 is 0 Å². The smallest absolute Gasteiger partial charge is 0.271 e. The molecule has 0 fully saturated rings. The topological polar surface area (TPSA) is 76.1 Å². The zero-order chi connectivity index (χ0) is 19.8. The van der Waals surface area contributed by atoms with Crippen molar-refractivity contribution in [3.63, 3.8) is 0 Å². The number of methoxy groups -OCH3 is 1. The summed E-state index contributed by atoms with van der Waals surface area (Å²) in [7, 11) is 1.63. The number of nitrogens with one attached hydrogen (secondary N) is 2. The Kier molecular flexibility index (Phi) is 6.51. The first-order valence-electron chi connectivity index (χ1n) is 8.87. The van der Waals surface area contributed by atoms with E-state index in [1.807, 2.05) is 24.3 Å². The Balaban J connectivity index is 1.46. The van der Waals surface area contributed by atoms with Crippen molar-refractivity contribution >= 4 is 11.7 Å². The van der Waals surface area contributed by atoms with E-state index < -0.39 is 0 Å². The molecule has 28 heavy (non-hydrogen) atoms. The van der Waals surface area contributed by atoms with Crippen LogP contribution in [0.2, 0.25) is 0 Å². The second-order valence-electron chi connectivity index (χ2n) is 6.14. The van der Waals surface area contributed by atoms with E-state index in [2.05, 4.69) is 20.8 Å². The first-order chi connectivity index (χ1) is 13.6. The van der Waals surface area contributed by atoms with Gasteiger partial charge in [-0.15, -0.1) is 10.2 Å². The fourth-order valence-electron chi connectivity index (χ4n) is 2.55. The summed E-state index contributed by atoms with van der Waals surface area (Å²) >= 11 is 0. The molecule has 3 aromatic rings. The SMILES string of the molecule is COc1ccc(CNc2ccc(C(=O)NCCc3ccc(F)cc3)nn2)cc1. The second kappa shape index (κ2) is 9.45. The van der Waals surface area contributed by atoms with Gasteiger partial charge in [-0.25, -0.2) is 4.39 Å². The van der Waals surface area contributed by atoms with E-state index in [1.165, 1.54) is 12.1 Å². The third kappa shape index (κ3) is 5.51. The second-order valence-corrected chi connectivity index (χ2v) is 6.14. The number of carbonyl (C=O) groups is 1. The first-order valence-corrected chi connectivity index (χ1v) is 8.87. The molecule has 0 atom stereocenters. The number of anilines is 1. The molecule has 144 valence electrons. The summed E-state index contributed by atoms with van der Waals surface area (Å²) in [5.74, 6) is 0.817. The van der Waals surface area contributed by atoms with Crippen LogP contribution < -0.4 is 15.4 Å². The minimum Gasteiger partial charge on any atom is -0.497 e. The van der Waals surface area contributed by atoms with Crippen molar-refractivity contribution in [2.24, 2.45) is 0 Å². The first kappa shape index (κ1) is 19.3. The van der Waals surface area contributed by atoms with Crippen LogP contribution in [0.3, 0.4) is 0 Å². The zero-order valence-electron chi connectivity index (χ0n) is 15.5. The summed E-state index contributed by atoms with van der Waals surface area (Å²) in [5.41, 5.74) is 2.27. The van der Waals surface area contributed by atoms with Crippen LogP contribution in [0.25, 0.3) is 0 Å². The maximum Gasteiger partial charge on any atom is 0.271 e. The number of carbonyl (C=O) groups excluding carboxylic acids is 1. The van der Waals surface area contributed by atoms with E-state index in [-0.39, 0.29) is 17.4 Å². The van der Waals surface area contributed by atoms with Crippen molar-refractivity contribution < 1.29 is 13.9 Å². The van der Waals surface area contributed by atoms with Gasteiger partial charge in [-0.05, 0) is 53.9 Å². The molecule has 6 nitrogen and oxygen atoms in total. The number of amides is 1. The summed E-state index contributed by atoms with van der Waals surface area (Å²) in [6, 6.07) is 17.2. The van der Waals surface area contributed by atoms with Gasteiger partial charge in [-0.2, -0.15) is 0 Å². The van der Waals surface area contributed by atoms with Gasteiger partial charge >= 0.3 is 0 Å². The highest BCUT2D eigenvalue weighted by atomic mass is 19.1. The lowest BCUT2D eigenvalue weighted by Crippen LogP contribution is -2.26. The maximum absolute atomic E-state index is 12.9. The fourth-order valence-corrected chi connectivity index (χ4v) is 2.55. The lowest BCUT2D eigenvalue weighted by Gasteiger charge is -2.07. The molecule has 0 unspecified atom stereocenters. The molecular weight excluding hydrogens is 359 g/mol. The van der Waals surface area contributed by atoms with E-state index in [1.54, 1.807) is 31.4 Å². The van der Waals surface area contributed by atoms with Gasteiger partial charge in [0, 0.05) is 13.1 Å². The van der Waals surface area contributed by atoms with Crippen molar-refractivity contribution in [3.05, 3.63) is 83.3 Å². The van der Waals surface area contributed by atoms with E-state index in [0.29, 0.717) is 25.3 Å². The molecule has 3 rings (SSSR count). The average molecular weight is 380 g/mol. The van der Waals surface area contributed by atoms with Gasteiger partial charge in [0.25, 0.3) is 5.91 Å². The molecule has 0 saturated heterocycles. The summed E-state index contributed by atoms with van der Waals surface area (Å²) < 4.78 is 18.0. The van der Waals surface area contributed by atoms with E-state index in [4.69, 9.17) is 4.74 Å². The molecule has 1 amide bonds. The normalized spacial score (nSPS) is 10.4. The van der Waals surface area contributed by atoms with Crippen molar-refractivity contribution in [2.45, 2.75) is 13.0 Å². The van der Waals surface area contributed by atoms with Gasteiger partial charge in [-0.3, -0.25) is 4.79 Å². The highest BCUT2D eigenvalue weighted by Crippen LogP contribution is 2.12. The number of rotatable bonds is 8. The molecule has 0 radical (unpaired) electrons. The van der Waals surface area contributed by atoms with Gasteiger partial charge in [0.1, 0.15) is 17.4 Å². The standard InChI is InChI=1S/C21H21FN4O2/c1-28-18-8-4-16(5-9-18)14-24-20-11-10-19(25-26-20)21(27)23-13-12-15-2-6-17(22)7-3-15/h2-11H,12-14H2,1H3,(H,23,27)(H,24,26). The molecule has 0 spiro atoms. The number of hydrogen-bond acceptors (Lipinski definition) is 5. The predicted molar refractivity (Wildman–Crippen MR) is 105 cm³/mol. The minimum atomic E-state index is -0.295. The van der Waals surface area contributed by atoms with Gasteiger partial charge in [-0.1, -0.05) is 24.3 Å². The van der Waals surface area contributed by atoms with Gasteiger partial charge in [0.05, 0.1) is 7.11 Å². The highest BCUT2D eigenvalue weighted by molar-refractivity contribution is 5.92. The fraction of sp³-hybridized carbons (Fsp3) is 0.190. The number of aromatic nitrogens is 2. The molecule has 0 saturated carbocycles. The molecule has 1 aromatic heterocycles. The number of ether oxygens (including phenoxy) is 1. The van der Waals surface area contributed by atoms with Crippen LogP contribution in [-0.4, -0.2) is 29.8 Å². The molecule has 2 N–H and O–H groups in total. The van der Waals surface area contributed by atoms with E-state index in [0.717, 1.165) is 16.9 Å². The Bertz CT molecular complexity index is 897. The lowest BCUT2D eigenvalue weighted by atomic mass is 10.1. The van der Waals surface area contributed by atoms with Crippen LogP contribution >= 0.6 is 0 Å². The highest BCUT2D eigenvalue weighted by Gasteiger charge is 2.08. The minimum absolute atomic E-state index is 0.245. The van der Waals surface area contributed by atoms with Crippen molar-refractivity contribution in [3.8, 4) is 5.75 Å². The maximum atomic E-state index is 12.9. The third-order valence-corrected chi connectivity index (χ3v) is 4.14. The predicted octanol–water partition coefficient (Wildman–Crippen LogP) is 3.21. The summed E-state index contributed by atoms with van der Waals surface area (Å²) in [6.45, 7) is 1.02. The summed E-state index contributed by atoms with van der Waals surface area (Å²) in [5, 5.41) is 13.9. The Morgan fingerprint density at radius 3 is 2.32 bits per heavy atom. The number of benzene rings is 2. The van der Waals surface area contributed by atoms with Crippen LogP contribution in [0.15, 0.2) is 60.7 Å². The summed E-state index contributed by atoms with van der Waals surface area (Å²) in [4.78, 5) is 12.1. The zero-order valence-corrected chi connectivity index (χ0v) is 15.5. The van der Waals surface area contributed by atoms with Crippen molar-refractivity contribution in [1.29, 1.82) is 0 Å². The molecule has 2 aromatic carbocycles. The quantitative estimate of drug-likeness (QED) is 0.628. The van der Waals surface area contributed by atoms with Crippen LogP contribution in [0, 0.1) is 5.82 Å². The van der Waals surface area contributed by atoms with Crippen LogP contribution in [0.5, 0.6) is 5.75 Å². The lowest BCUT2D eigenvalue weighted by molar-refractivity contribution is 0.0948. The third-order valence-electron chi connectivity index (χ3n) is 4.14. The molecule has 0 aliphatic heterocycles. The summed E-state index contributed by atoms with van der Waals surface area (Å²) in [6.07, 6.45) is 0.612. The van der Waals surface area contributed by atoms with Crippen LogP contribution in [0.4, 0.5) is 10.2 Å². The van der Waals surface area contributed by atoms with Gasteiger partial charge in [0.15, 0.2) is 5.69 Å². The Labute approximate surface area is 162 Å². The van der Waals surface area contributed by atoms with Crippen molar-refractivity contribution in [2.75, 3.05) is 19.0 Å². The molecular formula is C21H21FN4O2. The average Bonchev–Trinajstić information content (AvgIpc) is 2.74. The number of halogens is 1. The van der Waals surface area contributed by atoms with Gasteiger partial charge in [0.2, 0.25) is 0 Å². The molecule has 0 aliphatic rings. The van der Waals surface area contributed by atoms with E-state index in [9.17, 15) is 9.18 Å². The molecule has 0 aliphatic carbocycles. The Hall–Kier alpha value is -3.48. The molecule has 7 heteroatoms.